The Morgan fingerprint density at radius 2 is 1.90 bits per heavy atom. The highest BCUT2D eigenvalue weighted by atomic mass is 35.5. The number of halogens is 1. The van der Waals surface area contributed by atoms with Gasteiger partial charge in [0.2, 0.25) is 0 Å². The van der Waals surface area contributed by atoms with E-state index in [2.05, 4.69) is 0 Å². The molecule has 0 aliphatic heterocycles. The van der Waals surface area contributed by atoms with Gasteiger partial charge in [0.15, 0.2) is 11.5 Å². The Kier molecular flexibility index (Phi) is 4.70. The molecule has 110 valence electrons. The van der Waals surface area contributed by atoms with E-state index in [9.17, 15) is 15.0 Å². The van der Waals surface area contributed by atoms with Crippen LogP contribution in [0.3, 0.4) is 0 Å². The Morgan fingerprint density at radius 1 is 1.24 bits per heavy atom. The van der Waals surface area contributed by atoms with Crippen LogP contribution < -0.4 is 4.74 Å². The van der Waals surface area contributed by atoms with Crippen LogP contribution in [0.2, 0.25) is 5.02 Å². The van der Waals surface area contributed by atoms with Crippen LogP contribution in [-0.2, 0) is 11.2 Å². The largest absolute Gasteiger partial charge is 0.504 e. The van der Waals surface area contributed by atoms with Gasteiger partial charge in [-0.2, -0.15) is 0 Å². The molecule has 4 nitrogen and oxygen atoms in total. The van der Waals surface area contributed by atoms with Crippen molar-refractivity contribution in [2.75, 3.05) is 7.11 Å². The monoisotopic (exact) mass is 306 g/mol. The number of aromatic hydroxyl groups is 1. The fourth-order valence-electron chi connectivity index (χ4n) is 2.13. The zero-order valence-corrected chi connectivity index (χ0v) is 12.2. The third kappa shape index (κ3) is 3.67. The molecule has 0 spiro atoms. The van der Waals surface area contributed by atoms with E-state index in [4.69, 9.17) is 16.3 Å². The number of hydrogen-bond acceptors (Lipinski definition) is 3. The molecule has 2 aromatic carbocycles. The van der Waals surface area contributed by atoms with E-state index >= 15 is 0 Å². The van der Waals surface area contributed by atoms with Gasteiger partial charge in [-0.1, -0.05) is 29.8 Å². The Bertz CT molecular complexity index is 637. The van der Waals surface area contributed by atoms with Gasteiger partial charge in [0.05, 0.1) is 13.0 Å². The molecule has 1 unspecified atom stereocenters. The maximum Gasteiger partial charge on any atom is 0.311 e. The summed E-state index contributed by atoms with van der Waals surface area (Å²) in [4.78, 5) is 11.5. The second-order valence-electron chi connectivity index (χ2n) is 4.65. The third-order valence-corrected chi connectivity index (χ3v) is 3.51. The summed E-state index contributed by atoms with van der Waals surface area (Å²) in [5, 5.41) is 19.6. The van der Waals surface area contributed by atoms with Crippen molar-refractivity contribution >= 4 is 17.6 Å². The fourth-order valence-corrected chi connectivity index (χ4v) is 2.25. The first-order valence-electron chi connectivity index (χ1n) is 6.35. The van der Waals surface area contributed by atoms with Crippen molar-refractivity contribution < 1.29 is 19.7 Å². The molecule has 0 radical (unpaired) electrons. The van der Waals surface area contributed by atoms with Gasteiger partial charge in [-0.05, 0) is 41.8 Å². The van der Waals surface area contributed by atoms with E-state index in [1.165, 1.54) is 13.2 Å². The quantitative estimate of drug-likeness (QED) is 0.887. The summed E-state index contributed by atoms with van der Waals surface area (Å²) in [5.41, 5.74) is 1.45. The van der Waals surface area contributed by atoms with E-state index in [0.29, 0.717) is 22.8 Å². The van der Waals surface area contributed by atoms with Crippen molar-refractivity contribution in [2.24, 2.45) is 0 Å². The van der Waals surface area contributed by atoms with Crippen LogP contribution >= 0.6 is 11.6 Å². The van der Waals surface area contributed by atoms with Gasteiger partial charge in [-0.15, -0.1) is 0 Å². The number of carboxylic acid groups (broad SMARTS) is 1. The minimum Gasteiger partial charge on any atom is -0.504 e. The van der Waals surface area contributed by atoms with E-state index in [1.54, 1.807) is 36.4 Å². The predicted octanol–water partition coefficient (Wildman–Crippen LogP) is 3.47. The molecule has 0 aliphatic rings. The van der Waals surface area contributed by atoms with Crippen LogP contribution in [0.15, 0.2) is 42.5 Å². The van der Waals surface area contributed by atoms with Gasteiger partial charge in [-0.25, -0.2) is 0 Å². The molecular formula is C16H15ClO4. The molecule has 0 aromatic heterocycles. The molecule has 0 bridgehead atoms. The number of phenols is 1. The van der Waals surface area contributed by atoms with Gasteiger partial charge in [-0.3, -0.25) is 4.79 Å². The highest BCUT2D eigenvalue weighted by molar-refractivity contribution is 6.30. The van der Waals surface area contributed by atoms with Crippen molar-refractivity contribution in [1.82, 2.24) is 0 Å². The first kappa shape index (κ1) is 15.2. The maximum atomic E-state index is 11.5. The maximum absolute atomic E-state index is 11.5. The number of aliphatic carboxylic acids is 1. The molecule has 0 aliphatic carbocycles. The Labute approximate surface area is 127 Å². The second kappa shape index (κ2) is 6.50. The SMILES string of the molecule is COc1cc(CC(C(=O)O)c2ccc(Cl)cc2)ccc1O. The zero-order valence-electron chi connectivity index (χ0n) is 11.4. The molecule has 0 saturated heterocycles. The topological polar surface area (TPSA) is 66.8 Å². The summed E-state index contributed by atoms with van der Waals surface area (Å²) >= 11 is 5.82. The van der Waals surface area contributed by atoms with Crippen LogP contribution in [0.25, 0.3) is 0 Å². The number of ether oxygens (including phenoxy) is 1. The third-order valence-electron chi connectivity index (χ3n) is 3.25. The Balaban J connectivity index is 2.28. The summed E-state index contributed by atoms with van der Waals surface area (Å²) in [7, 11) is 1.45. The standard InChI is InChI=1S/C16H15ClO4/c1-21-15-9-10(2-7-14(15)18)8-13(16(19)20)11-3-5-12(17)6-4-11/h2-7,9,13,18H,8H2,1H3,(H,19,20). The van der Waals surface area contributed by atoms with E-state index in [1.807, 2.05) is 0 Å². The summed E-state index contributed by atoms with van der Waals surface area (Å²) in [5.74, 6) is -1.24. The molecular weight excluding hydrogens is 292 g/mol. The van der Waals surface area contributed by atoms with Gasteiger partial charge >= 0.3 is 5.97 Å². The molecule has 1 atom stereocenters. The molecule has 2 aromatic rings. The highest BCUT2D eigenvalue weighted by Gasteiger charge is 2.21. The van der Waals surface area contributed by atoms with Gasteiger partial charge in [0.1, 0.15) is 0 Å². The van der Waals surface area contributed by atoms with Crippen LogP contribution in [0.4, 0.5) is 0 Å². The minimum absolute atomic E-state index is 0.0274. The normalized spacial score (nSPS) is 11.9. The average molecular weight is 307 g/mol. The first-order valence-corrected chi connectivity index (χ1v) is 6.73. The van der Waals surface area contributed by atoms with Crippen molar-refractivity contribution in [3.05, 3.63) is 58.6 Å². The Morgan fingerprint density at radius 3 is 2.48 bits per heavy atom. The van der Waals surface area contributed by atoms with Crippen molar-refractivity contribution in [3.63, 3.8) is 0 Å². The van der Waals surface area contributed by atoms with Crippen LogP contribution in [0.5, 0.6) is 11.5 Å². The van der Waals surface area contributed by atoms with E-state index in [-0.39, 0.29) is 5.75 Å². The number of carbonyl (C=O) groups is 1. The molecule has 0 saturated carbocycles. The van der Waals surface area contributed by atoms with Gasteiger partial charge < -0.3 is 14.9 Å². The molecule has 2 rings (SSSR count). The Hall–Kier alpha value is -2.20. The lowest BCUT2D eigenvalue weighted by Crippen LogP contribution is -2.14. The van der Waals surface area contributed by atoms with Crippen LogP contribution in [0, 0.1) is 0 Å². The number of benzene rings is 2. The van der Waals surface area contributed by atoms with Gasteiger partial charge in [0, 0.05) is 5.02 Å². The van der Waals surface area contributed by atoms with E-state index in [0.717, 1.165) is 5.56 Å². The fraction of sp³-hybridized carbons (Fsp3) is 0.188. The predicted molar refractivity (Wildman–Crippen MR) is 80.2 cm³/mol. The second-order valence-corrected chi connectivity index (χ2v) is 5.09. The lowest BCUT2D eigenvalue weighted by molar-refractivity contribution is -0.138. The lowest BCUT2D eigenvalue weighted by Gasteiger charge is -2.14. The molecule has 0 heterocycles. The van der Waals surface area contributed by atoms with Crippen molar-refractivity contribution in [1.29, 1.82) is 0 Å². The lowest BCUT2D eigenvalue weighted by atomic mass is 9.92. The van der Waals surface area contributed by atoms with Crippen LogP contribution in [-0.4, -0.2) is 23.3 Å². The summed E-state index contributed by atoms with van der Waals surface area (Å²) in [6.45, 7) is 0. The number of carboxylic acids is 1. The average Bonchev–Trinajstić information content (AvgIpc) is 2.47. The molecule has 0 amide bonds. The van der Waals surface area contributed by atoms with Crippen LogP contribution in [0.1, 0.15) is 17.0 Å². The smallest absolute Gasteiger partial charge is 0.311 e. The van der Waals surface area contributed by atoms with Crippen molar-refractivity contribution in [2.45, 2.75) is 12.3 Å². The zero-order chi connectivity index (χ0) is 15.4. The number of hydrogen-bond donors (Lipinski definition) is 2. The summed E-state index contributed by atoms with van der Waals surface area (Å²) in [6, 6.07) is 11.6. The summed E-state index contributed by atoms with van der Waals surface area (Å²) in [6.07, 6.45) is 0.299. The molecule has 5 heteroatoms. The molecule has 2 N–H and O–H groups in total. The van der Waals surface area contributed by atoms with Gasteiger partial charge in [0.25, 0.3) is 0 Å². The molecule has 0 fully saturated rings. The number of rotatable bonds is 5. The van der Waals surface area contributed by atoms with Crippen molar-refractivity contribution in [3.8, 4) is 11.5 Å². The summed E-state index contributed by atoms with van der Waals surface area (Å²) < 4.78 is 5.03. The van der Waals surface area contributed by atoms with E-state index < -0.39 is 11.9 Å². The minimum atomic E-state index is -0.913. The number of methoxy groups -OCH3 is 1. The first-order chi connectivity index (χ1) is 10.0. The highest BCUT2D eigenvalue weighted by Crippen LogP contribution is 2.29. The number of phenolic OH excluding ortho intramolecular Hbond substituents is 1. The molecule has 21 heavy (non-hydrogen) atoms.